The molecule has 0 N–H and O–H groups in total. The molecule has 0 fully saturated rings. The minimum atomic E-state index is -6.09. The first-order valence-electron chi connectivity index (χ1n) is 7.32. The van der Waals surface area contributed by atoms with Crippen LogP contribution in [0.1, 0.15) is 0 Å². The van der Waals surface area contributed by atoms with Gasteiger partial charge in [-0.15, -0.1) is 0 Å². The minimum absolute atomic E-state index is 0. The van der Waals surface area contributed by atoms with Crippen LogP contribution in [0.3, 0.4) is 0 Å². The monoisotopic (exact) mass is 738 g/mol. The molecular formula is C11H6AlF9N4O9PdS3+2. The Balaban J connectivity index is -0.000000204. The van der Waals surface area contributed by atoms with Gasteiger partial charge in [0.25, 0.3) is 0 Å². The van der Waals surface area contributed by atoms with Crippen molar-refractivity contribution in [3.05, 3.63) is 36.9 Å². The molecule has 0 saturated carbocycles. The molecule has 0 unspecified atom stereocenters. The summed E-state index contributed by atoms with van der Waals surface area (Å²) in [6.07, 6.45) is 6.66. The normalized spacial score (nSPS) is 11.9. The molecule has 2 aromatic rings. The Labute approximate surface area is 231 Å². The van der Waals surface area contributed by atoms with Crippen molar-refractivity contribution in [1.82, 2.24) is 19.9 Å². The van der Waals surface area contributed by atoms with Gasteiger partial charge in [-0.25, -0.2) is 45.2 Å². The molecule has 0 spiro atoms. The molecule has 0 radical (unpaired) electrons. The van der Waals surface area contributed by atoms with Crippen LogP contribution in [0.25, 0.3) is 11.6 Å². The fourth-order valence-electron chi connectivity index (χ4n) is 0.829. The van der Waals surface area contributed by atoms with Crippen molar-refractivity contribution < 1.29 is 98.8 Å². The second kappa shape index (κ2) is 16.5. The van der Waals surface area contributed by atoms with Crippen LogP contribution in [0.5, 0.6) is 0 Å². The third kappa shape index (κ3) is 18.7. The molecular weight excluding hydrogens is 733 g/mol. The second-order valence-corrected chi connectivity index (χ2v) is 8.96. The fourth-order valence-corrected chi connectivity index (χ4v) is 0.829. The summed E-state index contributed by atoms with van der Waals surface area (Å²) in [7, 11) is -18.3. The van der Waals surface area contributed by atoms with Gasteiger partial charge in [0.05, 0.1) is 0 Å². The van der Waals surface area contributed by atoms with Gasteiger partial charge in [-0.3, -0.25) is 0 Å². The molecule has 0 saturated heterocycles. The molecule has 0 aliphatic carbocycles. The van der Waals surface area contributed by atoms with Crippen molar-refractivity contribution in [2.45, 2.75) is 16.5 Å². The van der Waals surface area contributed by atoms with E-state index in [1.54, 1.807) is 36.9 Å². The zero-order valence-corrected chi connectivity index (χ0v) is 22.1. The summed E-state index contributed by atoms with van der Waals surface area (Å²) in [6.45, 7) is 0. The largest absolute Gasteiger partial charge is 3.00 e. The van der Waals surface area contributed by atoms with E-state index in [9.17, 15) is 39.5 Å². The molecule has 0 aliphatic rings. The number of aromatic nitrogens is 4. The Kier molecular flexibility index (Phi) is 18.9. The van der Waals surface area contributed by atoms with Gasteiger partial charge in [0.2, 0.25) is 0 Å². The van der Waals surface area contributed by atoms with Crippen molar-refractivity contribution in [1.29, 1.82) is 0 Å². The smallest absolute Gasteiger partial charge is 0.741 e. The van der Waals surface area contributed by atoms with E-state index in [0.29, 0.717) is 11.6 Å². The Morgan fingerprint density at radius 3 is 0.737 bits per heavy atom. The third-order valence-electron chi connectivity index (χ3n) is 2.18. The summed E-state index contributed by atoms with van der Waals surface area (Å²) in [5.74, 6) is 1.11. The molecule has 0 aliphatic heterocycles. The predicted octanol–water partition coefficient (Wildman–Crippen LogP) is 0.705. The van der Waals surface area contributed by atoms with Gasteiger partial charge in [0.1, 0.15) is 0 Å². The summed E-state index contributed by atoms with van der Waals surface area (Å²) in [5.41, 5.74) is -16.9. The molecule has 13 nitrogen and oxygen atoms in total. The molecule has 0 amide bonds. The van der Waals surface area contributed by atoms with Crippen LogP contribution in [0, 0.1) is 0 Å². The SMILES string of the molecule is O=S(=O)([O-])C(F)(F)F.O=S(=O)([O-])C(F)(F)F.O=S(=O)([O-])C(F)(F)F.[Al+3].[Pd+2].c1cnc(-c2ncccn2)nc1. The number of hydrogen-bond donors (Lipinski definition) is 0. The van der Waals surface area contributed by atoms with Crippen molar-refractivity contribution in [3.8, 4) is 11.6 Å². The van der Waals surface area contributed by atoms with Gasteiger partial charge >= 0.3 is 54.3 Å². The zero-order valence-electron chi connectivity index (χ0n) is 16.9. The van der Waals surface area contributed by atoms with Gasteiger partial charge in [0, 0.05) is 24.8 Å². The van der Waals surface area contributed by atoms with Crippen LogP contribution in [-0.2, 0) is 50.8 Å². The topological polar surface area (TPSA) is 223 Å². The zero-order chi connectivity index (χ0) is 29.2. The van der Waals surface area contributed by atoms with Gasteiger partial charge in [-0.05, 0) is 12.1 Å². The summed E-state index contributed by atoms with van der Waals surface area (Å²) in [4.78, 5) is 16.1. The van der Waals surface area contributed by atoms with E-state index < -0.39 is 46.9 Å². The van der Waals surface area contributed by atoms with Gasteiger partial charge in [-0.2, -0.15) is 39.5 Å². The van der Waals surface area contributed by atoms with E-state index in [1.807, 2.05) is 0 Å². The van der Waals surface area contributed by atoms with Crippen molar-refractivity contribution >= 4 is 47.7 Å². The van der Waals surface area contributed by atoms with E-state index in [2.05, 4.69) is 19.9 Å². The molecule has 2 aromatic heterocycles. The molecule has 0 aromatic carbocycles. The van der Waals surface area contributed by atoms with Crippen LogP contribution in [0.15, 0.2) is 36.9 Å². The van der Waals surface area contributed by atoms with Crippen LogP contribution in [-0.4, -0.2) is 92.7 Å². The van der Waals surface area contributed by atoms with Crippen molar-refractivity contribution in [3.63, 3.8) is 0 Å². The third-order valence-corrected chi connectivity index (χ3v) is 3.88. The fraction of sp³-hybridized carbons (Fsp3) is 0.273. The summed E-state index contributed by atoms with van der Waals surface area (Å²) in [5, 5.41) is 0. The second-order valence-electron chi connectivity index (χ2n) is 4.84. The molecule has 0 atom stereocenters. The summed E-state index contributed by atoms with van der Waals surface area (Å²) in [6, 6.07) is 3.51. The Hall–Kier alpha value is -1.55. The maximum Gasteiger partial charge on any atom is 3.00 e. The summed E-state index contributed by atoms with van der Waals surface area (Å²) < 4.78 is 177. The Morgan fingerprint density at radius 2 is 0.632 bits per heavy atom. The van der Waals surface area contributed by atoms with Crippen LogP contribution >= 0.6 is 0 Å². The number of halogens is 9. The van der Waals surface area contributed by atoms with E-state index in [-0.39, 0.29) is 37.8 Å². The Bertz CT molecular complexity index is 1130. The number of hydrogen-bond acceptors (Lipinski definition) is 13. The van der Waals surface area contributed by atoms with E-state index in [0.717, 1.165) is 0 Å². The first-order chi connectivity index (χ1) is 15.7. The maximum atomic E-state index is 10.7. The average molecular weight is 739 g/mol. The molecule has 0 bridgehead atoms. The van der Waals surface area contributed by atoms with Crippen LogP contribution in [0.4, 0.5) is 39.5 Å². The standard InChI is InChI=1S/C8H6N4.3CHF3O3S.Al.Pd/c1-3-9-7(10-4-1)8-11-5-2-6-12-8;3*2-1(3,4)8(5,6)7;;/h1-6H;3*(H,5,6,7);;/q;;;;+3;+2/p-3. The first kappa shape index (κ1) is 43.5. The van der Waals surface area contributed by atoms with E-state index >= 15 is 0 Å². The molecule has 2 heterocycles. The predicted molar refractivity (Wildman–Crippen MR) is 96.1 cm³/mol. The average Bonchev–Trinajstić information content (AvgIpc) is 2.66. The van der Waals surface area contributed by atoms with Crippen molar-refractivity contribution in [2.75, 3.05) is 0 Å². The number of rotatable bonds is 1. The van der Waals surface area contributed by atoms with Gasteiger partial charge in [0.15, 0.2) is 42.0 Å². The number of nitrogens with zero attached hydrogens (tertiary/aromatic N) is 4. The van der Waals surface area contributed by atoms with E-state index in [4.69, 9.17) is 38.9 Å². The molecule has 216 valence electrons. The van der Waals surface area contributed by atoms with Crippen LogP contribution in [0.2, 0.25) is 0 Å². The van der Waals surface area contributed by atoms with Crippen molar-refractivity contribution in [2.24, 2.45) is 0 Å². The van der Waals surface area contributed by atoms with Gasteiger partial charge < -0.3 is 13.7 Å². The number of alkyl halides is 9. The molecule has 2 rings (SSSR count). The summed E-state index contributed by atoms with van der Waals surface area (Å²) >= 11 is 0. The van der Waals surface area contributed by atoms with E-state index in [1.165, 1.54) is 0 Å². The van der Waals surface area contributed by atoms with Crippen LogP contribution < -0.4 is 0 Å². The minimum Gasteiger partial charge on any atom is -0.741 e. The molecule has 38 heavy (non-hydrogen) atoms. The van der Waals surface area contributed by atoms with Gasteiger partial charge in [-0.1, -0.05) is 0 Å². The quantitative estimate of drug-likeness (QED) is 0.170. The molecule has 27 heteroatoms. The first-order valence-corrected chi connectivity index (χ1v) is 11.5. The Morgan fingerprint density at radius 1 is 0.500 bits per heavy atom. The maximum absolute atomic E-state index is 10.7.